The third kappa shape index (κ3) is 8.48. The maximum absolute atomic E-state index is 11.9. The van der Waals surface area contributed by atoms with Crippen molar-refractivity contribution in [2.24, 2.45) is 4.99 Å². The van der Waals surface area contributed by atoms with Crippen LogP contribution in [-0.2, 0) is 14.3 Å². The molecule has 0 aliphatic carbocycles. The fourth-order valence-corrected chi connectivity index (χ4v) is 2.51. The molecule has 0 saturated carbocycles. The average molecular weight is 370 g/mol. The number of aliphatic imine (C=N–C) groups is 1. The molecule has 2 N–H and O–H groups in total. The number of rotatable bonds is 8. The first kappa shape index (κ1) is 22.2. The van der Waals surface area contributed by atoms with Crippen molar-refractivity contribution < 1.29 is 14.3 Å². The summed E-state index contributed by atoms with van der Waals surface area (Å²) in [4.78, 5) is 33.9. The standard InChI is InChI=1S/C17H34N6O3/c1-14(2)20-15(24)13-22-7-9-23(10-8-22)17(18-6-11-26-5)19-12-16(25)21(3)4/h14H,6-13H2,1-5H3,(H,18,19)(H,20,24). The quantitative estimate of drug-likeness (QED) is 0.317. The molecular formula is C17H34N6O3. The molecule has 0 unspecified atom stereocenters. The van der Waals surface area contributed by atoms with E-state index in [2.05, 4.69) is 25.4 Å². The fraction of sp³-hybridized carbons (Fsp3) is 0.824. The smallest absolute Gasteiger partial charge is 0.243 e. The number of ether oxygens (including phenoxy) is 1. The van der Waals surface area contributed by atoms with E-state index in [1.165, 1.54) is 4.90 Å². The molecule has 1 rings (SSSR count). The number of carbonyl (C=O) groups excluding carboxylic acids is 2. The van der Waals surface area contributed by atoms with Gasteiger partial charge in [-0.3, -0.25) is 14.5 Å². The third-order valence-electron chi connectivity index (χ3n) is 3.94. The molecule has 0 aromatic heterocycles. The van der Waals surface area contributed by atoms with Gasteiger partial charge < -0.3 is 25.2 Å². The molecule has 1 saturated heterocycles. The summed E-state index contributed by atoms with van der Waals surface area (Å²) in [5.74, 6) is 0.723. The second-order valence-corrected chi connectivity index (χ2v) is 6.83. The molecule has 9 nitrogen and oxygen atoms in total. The van der Waals surface area contributed by atoms with Gasteiger partial charge in [0.2, 0.25) is 11.8 Å². The lowest BCUT2D eigenvalue weighted by atomic mass is 10.3. The van der Waals surface area contributed by atoms with E-state index in [1.54, 1.807) is 21.2 Å². The molecule has 1 aliphatic rings. The van der Waals surface area contributed by atoms with Crippen molar-refractivity contribution in [1.29, 1.82) is 0 Å². The first-order valence-electron chi connectivity index (χ1n) is 9.07. The van der Waals surface area contributed by atoms with Crippen molar-refractivity contribution in [3.63, 3.8) is 0 Å². The number of guanidine groups is 1. The first-order chi connectivity index (χ1) is 12.3. The van der Waals surface area contributed by atoms with Gasteiger partial charge in [-0.1, -0.05) is 0 Å². The molecule has 2 amide bonds. The molecule has 150 valence electrons. The van der Waals surface area contributed by atoms with Gasteiger partial charge in [0.15, 0.2) is 5.96 Å². The summed E-state index contributed by atoms with van der Waals surface area (Å²) in [7, 11) is 5.09. The van der Waals surface area contributed by atoms with Crippen LogP contribution in [0.3, 0.4) is 0 Å². The van der Waals surface area contributed by atoms with Gasteiger partial charge in [-0.15, -0.1) is 0 Å². The lowest BCUT2D eigenvalue weighted by Crippen LogP contribution is -2.54. The van der Waals surface area contributed by atoms with Gasteiger partial charge >= 0.3 is 0 Å². The van der Waals surface area contributed by atoms with Crippen LogP contribution in [0.1, 0.15) is 13.8 Å². The number of carbonyl (C=O) groups is 2. The zero-order valence-corrected chi connectivity index (χ0v) is 16.7. The average Bonchev–Trinajstić information content (AvgIpc) is 2.57. The van der Waals surface area contributed by atoms with E-state index in [4.69, 9.17) is 4.74 Å². The molecule has 26 heavy (non-hydrogen) atoms. The molecule has 0 aromatic rings. The number of likely N-dealkylation sites (N-methyl/N-ethyl adjacent to an activating group) is 1. The molecule has 0 spiro atoms. The number of hydrogen-bond acceptors (Lipinski definition) is 5. The van der Waals surface area contributed by atoms with Gasteiger partial charge in [0.05, 0.1) is 13.2 Å². The number of hydrogen-bond donors (Lipinski definition) is 2. The SMILES string of the molecule is COCCNC(=NCC(=O)N(C)C)N1CCN(CC(=O)NC(C)C)CC1. The van der Waals surface area contributed by atoms with E-state index < -0.39 is 0 Å². The Kier molecular flexibility index (Phi) is 9.97. The molecule has 1 fully saturated rings. The highest BCUT2D eigenvalue weighted by atomic mass is 16.5. The van der Waals surface area contributed by atoms with Gasteiger partial charge in [-0.05, 0) is 13.8 Å². The summed E-state index contributed by atoms with van der Waals surface area (Å²) < 4.78 is 5.07. The summed E-state index contributed by atoms with van der Waals surface area (Å²) in [5.41, 5.74) is 0. The van der Waals surface area contributed by atoms with E-state index in [9.17, 15) is 9.59 Å². The van der Waals surface area contributed by atoms with Crippen LogP contribution < -0.4 is 10.6 Å². The van der Waals surface area contributed by atoms with Crippen molar-refractivity contribution in [3.05, 3.63) is 0 Å². The Bertz CT molecular complexity index is 473. The minimum atomic E-state index is -0.0416. The Labute approximate surface area is 156 Å². The highest BCUT2D eigenvalue weighted by molar-refractivity contribution is 5.85. The van der Waals surface area contributed by atoms with E-state index in [-0.39, 0.29) is 24.4 Å². The van der Waals surface area contributed by atoms with Crippen LogP contribution >= 0.6 is 0 Å². The maximum Gasteiger partial charge on any atom is 0.243 e. The van der Waals surface area contributed by atoms with E-state index >= 15 is 0 Å². The number of nitrogens with one attached hydrogen (secondary N) is 2. The monoisotopic (exact) mass is 370 g/mol. The second kappa shape index (κ2) is 11.7. The molecular weight excluding hydrogens is 336 g/mol. The predicted molar refractivity (Wildman–Crippen MR) is 102 cm³/mol. The third-order valence-corrected chi connectivity index (χ3v) is 3.94. The summed E-state index contributed by atoms with van der Waals surface area (Å²) in [6.07, 6.45) is 0. The van der Waals surface area contributed by atoms with Crippen molar-refractivity contribution in [1.82, 2.24) is 25.3 Å². The molecule has 1 aliphatic heterocycles. The number of piperazine rings is 1. The van der Waals surface area contributed by atoms with Crippen LogP contribution in [-0.4, -0.2) is 112 Å². The largest absolute Gasteiger partial charge is 0.383 e. The molecule has 0 aromatic carbocycles. The van der Waals surface area contributed by atoms with Gasteiger partial charge in [0.25, 0.3) is 0 Å². The Morgan fingerprint density at radius 3 is 2.38 bits per heavy atom. The lowest BCUT2D eigenvalue weighted by Gasteiger charge is -2.36. The van der Waals surface area contributed by atoms with E-state index in [0.717, 1.165) is 26.2 Å². The zero-order chi connectivity index (χ0) is 19.5. The van der Waals surface area contributed by atoms with E-state index in [0.29, 0.717) is 25.7 Å². The van der Waals surface area contributed by atoms with Gasteiger partial charge in [0, 0.05) is 60.0 Å². The van der Waals surface area contributed by atoms with Crippen molar-refractivity contribution in [2.75, 3.05) is 73.6 Å². The summed E-state index contributed by atoms with van der Waals surface area (Å²) in [6, 6.07) is 0.154. The van der Waals surface area contributed by atoms with Gasteiger partial charge in [-0.2, -0.15) is 0 Å². The fourth-order valence-electron chi connectivity index (χ4n) is 2.51. The van der Waals surface area contributed by atoms with Crippen LogP contribution in [0.2, 0.25) is 0 Å². The Morgan fingerprint density at radius 2 is 1.85 bits per heavy atom. The minimum Gasteiger partial charge on any atom is -0.383 e. The number of methoxy groups -OCH3 is 1. The number of nitrogens with zero attached hydrogens (tertiary/aromatic N) is 4. The normalized spacial score (nSPS) is 15.9. The molecule has 0 atom stereocenters. The van der Waals surface area contributed by atoms with Crippen LogP contribution in [0.15, 0.2) is 4.99 Å². The second-order valence-electron chi connectivity index (χ2n) is 6.83. The van der Waals surface area contributed by atoms with Crippen LogP contribution in [0.4, 0.5) is 0 Å². The van der Waals surface area contributed by atoms with Crippen LogP contribution in [0, 0.1) is 0 Å². The zero-order valence-electron chi connectivity index (χ0n) is 16.7. The highest BCUT2D eigenvalue weighted by Gasteiger charge is 2.21. The molecule has 9 heteroatoms. The molecule has 1 heterocycles. The van der Waals surface area contributed by atoms with Gasteiger partial charge in [-0.25, -0.2) is 4.99 Å². The van der Waals surface area contributed by atoms with Crippen LogP contribution in [0.5, 0.6) is 0 Å². The van der Waals surface area contributed by atoms with Crippen molar-refractivity contribution in [3.8, 4) is 0 Å². The Balaban J connectivity index is 2.56. The molecule has 0 radical (unpaired) electrons. The predicted octanol–water partition coefficient (Wildman–Crippen LogP) is -1.19. The summed E-state index contributed by atoms with van der Waals surface area (Å²) >= 11 is 0. The van der Waals surface area contributed by atoms with E-state index in [1.807, 2.05) is 13.8 Å². The lowest BCUT2D eigenvalue weighted by molar-refractivity contribution is -0.127. The van der Waals surface area contributed by atoms with Crippen molar-refractivity contribution >= 4 is 17.8 Å². The maximum atomic E-state index is 11.9. The Hall–Kier alpha value is -1.87. The van der Waals surface area contributed by atoms with Crippen molar-refractivity contribution in [2.45, 2.75) is 19.9 Å². The summed E-state index contributed by atoms with van der Waals surface area (Å²) in [5, 5.41) is 6.16. The Morgan fingerprint density at radius 1 is 1.19 bits per heavy atom. The summed E-state index contributed by atoms with van der Waals surface area (Å²) in [6.45, 7) is 8.69. The number of amides is 2. The van der Waals surface area contributed by atoms with Crippen LogP contribution in [0.25, 0.3) is 0 Å². The minimum absolute atomic E-state index is 0.0416. The molecule has 0 bridgehead atoms. The topological polar surface area (TPSA) is 89.5 Å². The highest BCUT2D eigenvalue weighted by Crippen LogP contribution is 2.02. The van der Waals surface area contributed by atoms with Gasteiger partial charge in [0.1, 0.15) is 6.54 Å². The first-order valence-corrected chi connectivity index (χ1v) is 9.07.